The summed E-state index contributed by atoms with van der Waals surface area (Å²) in [6.07, 6.45) is 6.97. The third-order valence-corrected chi connectivity index (χ3v) is 6.46. The molecule has 5 rings (SSSR count). The number of rotatable bonds is 6. The largest absolute Gasteiger partial charge is 0.319 e. The monoisotopic (exact) mass is 462 g/mol. The number of anilines is 1. The Morgan fingerprint density at radius 1 is 1.09 bits per heavy atom. The van der Waals surface area contributed by atoms with Crippen molar-refractivity contribution in [2.24, 2.45) is 0 Å². The van der Waals surface area contributed by atoms with Gasteiger partial charge in [-0.15, -0.1) is 11.3 Å². The Morgan fingerprint density at radius 2 is 1.84 bits per heavy atom. The lowest BCUT2D eigenvalue weighted by Gasteiger charge is -2.03. The van der Waals surface area contributed by atoms with Crippen LogP contribution in [0.5, 0.6) is 0 Å². The van der Waals surface area contributed by atoms with Gasteiger partial charge in [0.1, 0.15) is 4.83 Å². The van der Waals surface area contributed by atoms with Crippen LogP contribution in [0.4, 0.5) is 5.69 Å². The molecule has 0 atom stereocenters. The lowest BCUT2D eigenvalue weighted by molar-refractivity contribution is 0.103. The van der Waals surface area contributed by atoms with Crippen LogP contribution in [0, 0.1) is 6.92 Å². The Morgan fingerprint density at radius 3 is 2.62 bits per heavy atom. The molecule has 4 aromatic heterocycles. The topological polar surface area (TPSA) is 77.6 Å². The molecule has 0 bridgehead atoms. The Bertz CT molecular complexity index is 1390. The zero-order valence-corrected chi connectivity index (χ0v) is 18.8. The molecule has 1 aromatic carbocycles. The van der Waals surface area contributed by atoms with Crippen LogP contribution < -0.4 is 5.32 Å². The summed E-state index contributed by atoms with van der Waals surface area (Å²) >= 11 is 7.42. The van der Waals surface area contributed by atoms with E-state index in [1.807, 2.05) is 60.3 Å². The summed E-state index contributed by atoms with van der Waals surface area (Å²) in [5.74, 6) is -0.160. The molecule has 9 heteroatoms. The van der Waals surface area contributed by atoms with Crippen LogP contribution >= 0.6 is 22.9 Å². The van der Waals surface area contributed by atoms with Crippen LogP contribution in [0.1, 0.15) is 26.5 Å². The van der Waals surface area contributed by atoms with Crippen molar-refractivity contribution in [3.05, 3.63) is 94.0 Å². The number of pyridine rings is 1. The van der Waals surface area contributed by atoms with Gasteiger partial charge in [0.25, 0.3) is 5.91 Å². The SMILES string of the molecule is Cc1nn(Cc2ccc(Cl)cc2)c2sc(C(=O)Nc3cnn(Cc4ccncc4)c3)cc12. The number of thiophene rings is 1. The van der Waals surface area contributed by atoms with Crippen molar-refractivity contribution in [3.63, 3.8) is 0 Å². The number of hydrogen-bond donors (Lipinski definition) is 1. The van der Waals surface area contributed by atoms with Gasteiger partial charge in [-0.1, -0.05) is 23.7 Å². The Hall–Kier alpha value is -3.49. The summed E-state index contributed by atoms with van der Waals surface area (Å²) in [7, 11) is 0. The van der Waals surface area contributed by atoms with Crippen LogP contribution in [-0.4, -0.2) is 30.5 Å². The summed E-state index contributed by atoms with van der Waals surface area (Å²) in [5, 5.41) is 13.6. The third-order valence-electron chi connectivity index (χ3n) is 5.06. The highest BCUT2D eigenvalue weighted by atomic mass is 35.5. The first kappa shape index (κ1) is 20.4. The molecule has 0 spiro atoms. The zero-order valence-electron chi connectivity index (χ0n) is 17.2. The number of hydrogen-bond acceptors (Lipinski definition) is 5. The lowest BCUT2D eigenvalue weighted by atomic mass is 10.2. The average molecular weight is 463 g/mol. The number of fused-ring (bicyclic) bond motifs is 1. The van der Waals surface area contributed by atoms with Gasteiger partial charge in [0.05, 0.1) is 35.5 Å². The molecule has 160 valence electrons. The highest BCUT2D eigenvalue weighted by Crippen LogP contribution is 2.29. The van der Waals surface area contributed by atoms with E-state index in [0.29, 0.717) is 28.7 Å². The van der Waals surface area contributed by atoms with E-state index in [4.69, 9.17) is 11.6 Å². The fraction of sp³-hybridized carbons (Fsp3) is 0.130. The van der Waals surface area contributed by atoms with Crippen molar-refractivity contribution in [2.75, 3.05) is 5.32 Å². The van der Waals surface area contributed by atoms with Gasteiger partial charge in [-0.05, 0) is 48.4 Å². The van der Waals surface area contributed by atoms with E-state index in [-0.39, 0.29) is 5.91 Å². The molecule has 32 heavy (non-hydrogen) atoms. The maximum absolute atomic E-state index is 12.9. The quantitative estimate of drug-likeness (QED) is 0.385. The van der Waals surface area contributed by atoms with E-state index in [1.54, 1.807) is 23.3 Å². The predicted molar refractivity (Wildman–Crippen MR) is 126 cm³/mol. The predicted octanol–water partition coefficient (Wildman–Crippen LogP) is 5.00. The van der Waals surface area contributed by atoms with Crippen molar-refractivity contribution in [1.29, 1.82) is 0 Å². The zero-order chi connectivity index (χ0) is 22.1. The molecule has 1 amide bonds. The standard InChI is InChI=1S/C23H19ClN6OS/c1-15-20-10-21(32-23(20)30(28-15)13-16-2-4-18(24)5-3-16)22(31)27-19-11-26-29(14-19)12-17-6-8-25-9-7-17/h2-11,14H,12-13H2,1H3,(H,27,31). The maximum atomic E-state index is 12.9. The van der Waals surface area contributed by atoms with Crippen molar-refractivity contribution in [1.82, 2.24) is 24.5 Å². The Balaban J connectivity index is 1.32. The van der Waals surface area contributed by atoms with E-state index >= 15 is 0 Å². The third kappa shape index (κ3) is 4.28. The van der Waals surface area contributed by atoms with Crippen LogP contribution in [0.2, 0.25) is 5.02 Å². The molecule has 0 saturated heterocycles. The lowest BCUT2D eigenvalue weighted by Crippen LogP contribution is -2.09. The van der Waals surface area contributed by atoms with E-state index in [1.165, 1.54) is 11.3 Å². The van der Waals surface area contributed by atoms with Crippen molar-refractivity contribution in [3.8, 4) is 0 Å². The van der Waals surface area contributed by atoms with Crippen molar-refractivity contribution < 1.29 is 4.79 Å². The second-order valence-electron chi connectivity index (χ2n) is 7.44. The molecule has 0 aliphatic rings. The summed E-state index contributed by atoms with van der Waals surface area (Å²) in [5.41, 5.74) is 3.74. The minimum Gasteiger partial charge on any atom is -0.319 e. The van der Waals surface area contributed by atoms with Gasteiger partial charge >= 0.3 is 0 Å². The molecule has 1 N–H and O–H groups in total. The smallest absolute Gasteiger partial charge is 0.265 e. The Labute approximate surface area is 193 Å². The van der Waals surface area contributed by atoms with Gasteiger partial charge < -0.3 is 5.32 Å². The summed E-state index contributed by atoms with van der Waals surface area (Å²) in [4.78, 5) is 18.5. The summed E-state index contributed by atoms with van der Waals surface area (Å²) < 4.78 is 3.71. The van der Waals surface area contributed by atoms with Crippen molar-refractivity contribution in [2.45, 2.75) is 20.0 Å². The van der Waals surface area contributed by atoms with E-state index in [0.717, 1.165) is 27.0 Å². The number of carbonyl (C=O) groups excluding carboxylic acids is 1. The fourth-order valence-corrected chi connectivity index (χ4v) is 4.66. The molecule has 4 heterocycles. The number of nitrogens with zero attached hydrogens (tertiary/aromatic N) is 5. The number of benzene rings is 1. The first-order valence-electron chi connectivity index (χ1n) is 9.99. The molecule has 0 aliphatic carbocycles. The van der Waals surface area contributed by atoms with E-state index in [2.05, 4.69) is 20.5 Å². The number of aromatic nitrogens is 5. The van der Waals surface area contributed by atoms with Crippen LogP contribution in [0.25, 0.3) is 10.2 Å². The number of nitrogens with one attached hydrogen (secondary N) is 1. The summed E-state index contributed by atoms with van der Waals surface area (Å²) in [6.45, 7) is 3.18. The molecular formula is C23H19ClN6OS. The molecule has 7 nitrogen and oxygen atoms in total. The first-order chi connectivity index (χ1) is 15.5. The van der Waals surface area contributed by atoms with Gasteiger partial charge in [-0.2, -0.15) is 10.2 Å². The van der Waals surface area contributed by atoms with Gasteiger partial charge in [0.2, 0.25) is 0 Å². The van der Waals surface area contributed by atoms with E-state index in [9.17, 15) is 4.79 Å². The fourth-order valence-electron chi connectivity index (χ4n) is 3.48. The number of amides is 1. The van der Waals surface area contributed by atoms with Crippen molar-refractivity contribution >= 4 is 44.7 Å². The summed E-state index contributed by atoms with van der Waals surface area (Å²) in [6, 6.07) is 13.5. The van der Waals surface area contributed by atoms with Gasteiger partial charge in [-0.3, -0.25) is 19.1 Å². The maximum Gasteiger partial charge on any atom is 0.265 e. The number of aryl methyl sites for hydroxylation is 1. The highest BCUT2D eigenvalue weighted by molar-refractivity contribution is 7.20. The Kier molecular flexibility index (Phi) is 5.46. The molecule has 0 radical (unpaired) electrons. The van der Waals surface area contributed by atoms with Crippen LogP contribution in [0.15, 0.2) is 67.3 Å². The van der Waals surface area contributed by atoms with E-state index < -0.39 is 0 Å². The molecule has 0 fully saturated rings. The van der Waals surface area contributed by atoms with Gasteiger partial charge in [0, 0.05) is 29.0 Å². The molecular weight excluding hydrogens is 444 g/mol. The minimum atomic E-state index is -0.160. The number of carbonyl (C=O) groups is 1. The van der Waals surface area contributed by atoms with Gasteiger partial charge in [-0.25, -0.2) is 0 Å². The highest BCUT2D eigenvalue weighted by Gasteiger charge is 2.17. The minimum absolute atomic E-state index is 0.160. The van der Waals surface area contributed by atoms with Crippen LogP contribution in [-0.2, 0) is 13.1 Å². The second kappa shape index (κ2) is 8.57. The van der Waals surface area contributed by atoms with Crippen LogP contribution in [0.3, 0.4) is 0 Å². The first-order valence-corrected chi connectivity index (χ1v) is 11.2. The second-order valence-corrected chi connectivity index (χ2v) is 8.90. The van der Waals surface area contributed by atoms with Gasteiger partial charge in [0.15, 0.2) is 0 Å². The molecule has 5 aromatic rings. The number of halogens is 1. The molecule has 0 unspecified atom stereocenters. The molecule has 0 saturated carbocycles. The normalized spacial score (nSPS) is 11.2. The average Bonchev–Trinajstić information content (AvgIpc) is 3.49. The molecule has 0 aliphatic heterocycles.